The molecule has 2 N–H and O–H groups in total. The molecule has 2 aromatic carbocycles. The van der Waals surface area contributed by atoms with Crippen molar-refractivity contribution in [1.82, 2.24) is 10.3 Å². The van der Waals surface area contributed by atoms with Crippen LogP contribution in [0.2, 0.25) is 10.0 Å². The van der Waals surface area contributed by atoms with Crippen LogP contribution in [0.15, 0.2) is 53.6 Å². The zero-order chi connectivity index (χ0) is 19.4. The van der Waals surface area contributed by atoms with Crippen LogP contribution < -0.4 is 10.1 Å². The molecule has 0 saturated carbocycles. The van der Waals surface area contributed by atoms with E-state index in [9.17, 15) is 4.79 Å². The van der Waals surface area contributed by atoms with Gasteiger partial charge in [0.05, 0.1) is 0 Å². The molecule has 7 heteroatoms. The van der Waals surface area contributed by atoms with Crippen LogP contribution in [-0.2, 0) is 4.79 Å². The lowest BCUT2D eigenvalue weighted by molar-refractivity contribution is -0.134. The number of ether oxygens (including phenoxy) is 1. The van der Waals surface area contributed by atoms with Gasteiger partial charge in [-0.05, 0) is 50.2 Å². The molecule has 3 aromatic rings. The lowest BCUT2D eigenvalue weighted by atomic mass is 10.1. The Kier molecular flexibility index (Phi) is 6.25. The van der Waals surface area contributed by atoms with Crippen molar-refractivity contribution in [3.63, 3.8) is 0 Å². The lowest BCUT2D eigenvalue weighted by Gasteiger charge is -2.25. The van der Waals surface area contributed by atoms with Crippen molar-refractivity contribution in [2.24, 2.45) is 0 Å². The van der Waals surface area contributed by atoms with Crippen LogP contribution in [0, 0.1) is 0 Å². The number of amides is 1. The molecule has 3 rings (SSSR count). The van der Waals surface area contributed by atoms with Gasteiger partial charge in [0.25, 0.3) is 5.91 Å². The van der Waals surface area contributed by atoms with Gasteiger partial charge in [0.1, 0.15) is 5.75 Å². The van der Waals surface area contributed by atoms with Crippen molar-refractivity contribution in [2.75, 3.05) is 12.3 Å². The van der Waals surface area contributed by atoms with Gasteiger partial charge in [0, 0.05) is 44.3 Å². The minimum Gasteiger partial charge on any atom is -0.478 e. The number of thioether (sulfide) groups is 1. The highest BCUT2D eigenvalue weighted by Gasteiger charge is 2.29. The summed E-state index contributed by atoms with van der Waals surface area (Å²) in [5.74, 6) is 1.19. The van der Waals surface area contributed by atoms with E-state index in [1.54, 1.807) is 49.9 Å². The fourth-order valence-corrected chi connectivity index (χ4v) is 3.77. The zero-order valence-corrected chi connectivity index (χ0v) is 17.3. The van der Waals surface area contributed by atoms with Gasteiger partial charge in [-0.25, -0.2) is 0 Å². The van der Waals surface area contributed by atoms with Crippen molar-refractivity contribution < 1.29 is 9.53 Å². The number of nitrogens with one attached hydrogen (secondary N) is 2. The summed E-state index contributed by atoms with van der Waals surface area (Å²) in [7, 11) is 0. The smallest absolute Gasteiger partial charge is 0.263 e. The number of hydrogen-bond acceptors (Lipinski definition) is 3. The Morgan fingerprint density at radius 3 is 2.59 bits per heavy atom. The molecular weight excluding hydrogens is 403 g/mol. The highest BCUT2D eigenvalue weighted by atomic mass is 35.5. The Morgan fingerprint density at radius 1 is 1.15 bits per heavy atom. The summed E-state index contributed by atoms with van der Waals surface area (Å²) in [5, 5.41) is 5.39. The van der Waals surface area contributed by atoms with Gasteiger partial charge in [-0.1, -0.05) is 29.3 Å². The summed E-state index contributed by atoms with van der Waals surface area (Å²) < 4.78 is 5.80. The van der Waals surface area contributed by atoms with E-state index >= 15 is 0 Å². The number of carbonyl (C=O) groups excluding carboxylic acids is 1. The van der Waals surface area contributed by atoms with E-state index in [0.29, 0.717) is 22.3 Å². The molecule has 1 heterocycles. The first-order chi connectivity index (χ1) is 12.8. The molecule has 27 heavy (non-hydrogen) atoms. The van der Waals surface area contributed by atoms with Gasteiger partial charge >= 0.3 is 0 Å². The van der Waals surface area contributed by atoms with E-state index in [1.165, 1.54) is 0 Å². The van der Waals surface area contributed by atoms with Gasteiger partial charge in [-0.3, -0.25) is 4.79 Å². The monoisotopic (exact) mass is 422 g/mol. The third-order valence-electron chi connectivity index (χ3n) is 3.98. The van der Waals surface area contributed by atoms with Gasteiger partial charge < -0.3 is 15.0 Å². The number of benzene rings is 2. The Morgan fingerprint density at radius 2 is 1.85 bits per heavy atom. The second kappa shape index (κ2) is 8.46. The second-order valence-corrected chi connectivity index (χ2v) is 8.52. The Labute approximate surface area is 172 Å². The molecule has 1 amide bonds. The molecule has 0 fully saturated rings. The topological polar surface area (TPSA) is 54.1 Å². The SMILES string of the molecule is CC(C)(Oc1ccc(Cl)cc1)C(=O)NCCSc1c[nH]c2cc(Cl)ccc12. The van der Waals surface area contributed by atoms with E-state index < -0.39 is 5.60 Å². The first kappa shape index (κ1) is 19.9. The van der Waals surface area contributed by atoms with E-state index in [0.717, 1.165) is 21.6 Å². The summed E-state index contributed by atoms with van der Waals surface area (Å²) in [6, 6.07) is 12.7. The molecule has 0 saturated heterocycles. The molecule has 0 atom stereocenters. The Balaban J connectivity index is 1.50. The number of halogens is 2. The van der Waals surface area contributed by atoms with Gasteiger partial charge in [0.2, 0.25) is 0 Å². The number of hydrogen-bond donors (Lipinski definition) is 2. The third-order valence-corrected chi connectivity index (χ3v) is 5.53. The molecule has 4 nitrogen and oxygen atoms in total. The molecular formula is C20H20Cl2N2O2S. The normalized spacial score (nSPS) is 11.6. The molecule has 0 aliphatic carbocycles. The van der Waals surface area contributed by atoms with Gasteiger partial charge in [0.15, 0.2) is 5.60 Å². The average Bonchev–Trinajstić information content (AvgIpc) is 3.02. The van der Waals surface area contributed by atoms with Crippen LogP contribution in [0.3, 0.4) is 0 Å². The van der Waals surface area contributed by atoms with Crippen LogP contribution in [0.4, 0.5) is 0 Å². The predicted molar refractivity (Wildman–Crippen MR) is 113 cm³/mol. The van der Waals surface area contributed by atoms with Crippen LogP contribution in [0.25, 0.3) is 10.9 Å². The fourth-order valence-electron chi connectivity index (χ4n) is 2.57. The summed E-state index contributed by atoms with van der Waals surface area (Å²) in [6.45, 7) is 4.03. The van der Waals surface area contributed by atoms with E-state index in [-0.39, 0.29) is 5.91 Å². The molecule has 142 valence electrons. The summed E-state index contributed by atoms with van der Waals surface area (Å²) in [5.41, 5.74) is 0.0299. The van der Waals surface area contributed by atoms with Crippen molar-refractivity contribution >= 4 is 51.8 Å². The number of aromatic nitrogens is 1. The molecule has 0 aliphatic heterocycles. The number of rotatable bonds is 7. The summed E-state index contributed by atoms with van der Waals surface area (Å²) >= 11 is 13.6. The standard InChI is InChI=1S/C20H20Cl2N2O2S/c1-20(2,26-15-6-3-13(21)4-7-15)19(25)23-9-10-27-18-12-24-17-11-14(22)5-8-16(17)18/h3-8,11-12,24H,9-10H2,1-2H3,(H,23,25). The maximum atomic E-state index is 12.5. The van der Waals surface area contributed by atoms with Crippen molar-refractivity contribution in [1.29, 1.82) is 0 Å². The number of aromatic amines is 1. The minimum atomic E-state index is -0.976. The number of fused-ring (bicyclic) bond motifs is 1. The zero-order valence-electron chi connectivity index (χ0n) is 15.0. The van der Waals surface area contributed by atoms with E-state index in [4.69, 9.17) is 27.9 Å². The summed E-state index contributed by atoms with van der Waals surface area (Å²) in [4.78, 5) is 16.8. The molecule has 0 aliphatic rings. The highest BCUT2D eigenvalue weighted by molar-refractivity contribution is 7.99. The summed E-state index contributed by atoms with van der Waals surface area (Å²) in [6.07, 6.45) is 1.96. The van der Waals surface area contributed by atoms with Crippen molar-refractivity contribution in [3.8, 4) is 5.75 Å². The van der Waals surface area contributed by atoms with E-state index in [2.05, 4.69) is 10.3 Å². The Hall–Kier alpha value is -1.82. The maximum Gasteiger partial charge on any atom is 0.263 e. The maximum absolute atomic E-state index is 12.5. The largest absolute Gasteiger partial charge is 0.478 e. The van der Waals surface area contributed by atoms with E-state index in [1.807, 2.05) is 24.4 Å². The molecule has 0 radical (unpaired) electrons. The van der Waals surface area contributed by atoms with Crippen molar-refractivity contribution in [3.05, 3.63) is 58.7 Å². The van der Waals surface area contributed by atoms with Gasteiger partial charge in [-0.15, -0.1) is 11.8 Å². The highest BCUT2D eigenvalue weighted by Crippen LogP contribution is 2.29. The molecule has 0 unspecified atom stereocenters. The number of carbonyl (C=O) groups is 1. The molecule has 0 bridgehead atoms. The predicted octanol–water partition coefficient (Wildman–Crippen LogP) is 5.54. The Bertz CT molecular complexity index is 939. The third kappa shape index (κ3) is 5.12. The quantitative estimate of drug-likeness (QED) is 0.388. The second-order valence-electron chi connectivity index (χ2n) is 6.51. The van der Waals surface area contributed by atoms with Crippen LogP contribution in [0.1, 0.15) is 13.8 Å². The van der Waals surface area contributed by atoms with Crippen LogP contribution in [0.5, 0.6) is 5.75 Å². The first-order valence-electron chi connectivity index (χ1n) is 8.47. The van der Waals surface area contributed by atoms with Gasteiger partial charge in [-0.2, -0.15) is 0 Å². The first-order valence-corrected chi connectivity index (χ1v) is 10.2. The minimum absolute atomic E-state index is 0.163. The fraction of sp³-hybridized carbons (Fsp3) is 0.250. The number of H-pyrrole nitrogens is 1. The molecule has 0 spiro atoms. The molecule has 1 aromatic heterocycles. The van der Waals surface area contributed by atoms with Crippen LogP contribution >= 0.6 is 35.0 Å². The average molecular weight is 423 g/mol. The lowest BCUT2D eigenvalue weighted by Crippen LogP contribution is -2.47. The van der Waals surface area contributed by atoms with Crippen LogP contribution in [-0.4, -0.2) is 28.8 Å². The van der Waals surface area contributed by atoms with Crippen molar-refractivity contribution in [2.45, 2.75) is 24.3 Å².